The molecule has 0 saturated heterocycles. The van der Waals surface area contributed by atoms with Crippen molar-refractivity contribution < 1.29 is 27.9 Å². The number of amides is 1. The van der Waals surface area contributed by atoms with Gasteiger partial charge in [-0.15, -0.1) is 0 Å². The van der Waals surface area contributed by atoms with Crippen LogP contribution in [-0.2, 0) is 14.8 Å². The number of aromatic nitrogens is 2. The number of alkyl carbamates (subject to hydrolysis) is 1. The lowest BCUT2D eigenvalue weighted by molar-refractivity contribution is 0.0528. The number of carboxylic acid groups (broad SMARTS) is 1. The predicted molar refractivity (Wildman–Crippen MR) is 162 cm³/mol. The molecular formula is C30H39N5O6S. The third-order valence-electron chi connectivity index (χ3n) is 6.03. The highest BCUT2D eigenvalue weighted by atomic mass is 32.2. The first-order chi connectivity index (χ1) is 19.6. The number of sulfonamides is 1. The van der Waals surface area contributed by atoms with E-state index in [9.17, 15) is 23.1 Å². The highest BCUT2D eigenvalue weighted by Crippen LogP contribution is 2.30. The first kappa shape index (κ1) is 32.3. The minimum absolute atomic E-state index is 0.163. The van der Waals surface area contributed by atoms with Crippen LogP contribution in [0.4, 0.5) is 16.6 Å². The van der Waals surface area contributed by atoms with Crippen LogP contribution in [0.5, 0.6) is 0 Å². The van der Waals surface area contributed by atoms with Crippen LogP contribution in [0.2, 0.25) is 0 Å². The van der Waals surface area contributed by atoms with E-state index in [0.29, 0.717) is 24.6 Å². The quantitative estimate of drug-likeness (QED) is 0.269. The Labute approximate surface area is 247 Å². The van der Waals surface area contributed by atoms with Crippen molar-refractivity contribution in [3.63, 3.8) is 0 Å². The van der Waals surface area contributed by atoms with Gasteiger partial charge in [-0.25, -0.2) is 27.7 Å². The van der Waals surface area contributed by atoms with E-state index < -0.39 is 27.7 Å². The number of ether oxygens (including phenoxy) is 1. The number of anilines is 2. The number of carbonyl (C=O) groups is 2. The van der Waals surface area contributed by atoms with Gasteiger partial charge < -0.3 is 20.1 Å². The molecule has 0 aliphatic heterocycles. The number of hydrogen-bond donors (Lipinski definition) is 3. The zero-order valence-corrected chi connectivity index (χ0v) is 25.9. The molecule has 3 aromatic rings. The van der Waals surface area contributed by atoms with E-state index in [4.69, 9.17) is 4.74 Å². The molecule has 0 fully saturated rings. The number of nitrogens with one attached hydrogen (secondary N) is 2. The topological polar surface area (TPSA) is 151 Å². The Kier molecular flexibility index (Phi) is 10.2. The van der Waals surface area contributed by atoms with Crippen molar-refractivity contribution in [2.75, 3.05) is 29.3 Å². The Balaban J connectivity index is 2.05. The number of carboxylic acids is 1. The number of aromatic carboxylic acids is 1. The van der Waals surface area contributed by atoms with Crippen molar-refractivity contribution >= 4 is 33.9 Å². The molecule has 1 heterocycles. The van der Waals surface area contributed by atoms with Crippen molar-refractivity contribution in [3.05, 3.63) is 65.2 Å². The molecule has 2 aromatic carbocycles. The second-order valence-corrected chi connectivity index (χ2v) is 13.1. The summed E-state index contributed by atoms with van der Waals surface area (Å²) in [5, 5.41) is 12.1. The van der Waals surface area contributed by atoms with Crippen molar-refractivity contribution in [2.24, 2.45) is 5.92 Å². The minimum Gasteiger partial charge on any atom is -0.478 e. The van der Waals surface area contributed by atoms with Crippen molar-refractivity contribution in [1.82, 2.24) is 15.3 Å². The zero-order chi connectivity index (χ0) is 31.2. The molecule has 0 aliphatic rings. The summed E-state index contributed by atoms with van der Waals surface area (Å²) < 4.78 is 34.4. The lowest BCUT2D eigenvalue weighted by Crippen LogP contribution is -2.39. The first-order valence-corrected chi connectivity index (χ1v) is 15.1. The lowest BCUT2D eigenvalue weighted by Gasteiger charge is -2.27. The van der Waals surface area contributed by atoms with Crippen LogP contribution in [0.3, 0.4) is 0 Å². The van der Waals surface area contributed by atoms with Gasteiger partial charge in [0.2, 0.25) is 5.95 Å². The molecule has 0 saturated carbocycles. The number of nitrogens with zero attached hydrogens (tertiary/aromatic N) is 3. The average Bonchev–Trinajstić information content (AvgIpc) is 2.86. The van der Waals surface area contributed by atoms with E-state index in [0.717, 1.165) is 22.8 Å². The van der Waals surface area contributed by atoms with E-state index >= 15 is 0 Å². The Morgan fingerprint density at radius 1 is 1.02 bits per heavy atom. The predicted octanol–water partition coefficient (Wildman–Crippen LogP) is 5.25. The Morgan fingerprint density at radius 3 is 2.26 bits per heavy atom. The van der Waals surface area contributed by atoms with Crippen molar-refractivity contribution in [3.8, 4) is 11.3 Å². The maximum absolute atomic E-state index is 13.3. The second-order valence-electron chi connectivity index (χ2n) is 11.4. The Bertz CT molecular complexity index is 1530. The normalized spacial score (nSPS) is 11.7. The fraction of sp³-hybridized carbons (Fsp3) is 0.400. The monoisotopic (exact) mass is 597 g/mol. The van der Waals surface area contributed by atoms with Crippen LogP contribution in [-0.4, -0.2) is 60.8 Å². The maximum atomic E-state index is 13.3. The van der Waals surface area contributed by atoms with Crippen molar-refractivity contribution in [1.29, 1.82) is 0 Å². The van der Waals surface area contributed by atoms with Crippen LogP contribution in [0, 0.1) is 19.8 Å². The molecule has 1 amide bonds. The van der Waals surface area contributed by atoms with Crippen LogP contribution in [0.15, 0.2) is 53.4 Å². The molecule has 0 unspecified atom stereocenters. The van der Waals surface area contributed by atoms with Crippen molar-refractivity contribution in [2.45, 2.75) is 59.0 Å². The van der Waals surface area contributed by atoms with Gasteiger partial charge in [0.25, 0.3) is 10.0 Å². The van der Waals surface area contributed by atoms with E-state index in [1.165, 1.54) is 18.2 Å². The summed E-state index contributed by atoms with van der Waals surface area (Å²) in [6, 6.07) is 12.7. The van der Waals surface area contributed by atoms with Gasteiger partial charge in [0.1, 0.15) is 11.4 Å². The van der Waals surface area contributed by atoms with E-state index in [1.807, 2.05) is 50.8 Å². The number of aryl methyl sites for hydroxylation is 2. The molecule has 0 radical (unpaired) electrons. The fourth-order valence-corrected chi connectivity index (χ4v) is 5.30. The summed E-state index contributed by atoms with van der Waals surface area (Å²) in [5.41, 5.74) is 2.45. The van der Waals surface area contributed by atoms with E-state index in [1.54, 1.807) is 26.8 Å². The molecule has 226 valence electrons. The van der Waals surface area contributed by atoms with Crippen LogP contribution in [0.25, 0.3) is 11.3 Å². The molecular weight excluding hydrogens is 558 g/mol. The number of rotatable bonds is 11. The van der Waals surface area contributed by atoms with Crippen LogP contribution in [0.1, 0.15) is 56.1 Å². The Morgan fingerprint density at radius 2 is 1.67 bits per heavy atom. The molecule has 3 rings (SSSR count). The Hall–Kier alpha value is -4.19. The van der Waals surface area contributed by atoms with Gasteiger partial charge in [0, 0.05) is 31.3 Å². The van der Waals surface area contributed by atoms with E-state index in [2.05, 4.69) is 20.0 Å². The summed E-state index contributed by atoms with van der Waals surface area (Å²) in [4.78, 5) is 34.5. The summed E-state index contributed by atoms with van der Waals surface area (Å²) in [5.74, 6) is -0.741. The average molecular weight is 598 g/mol. The second kappa shape index (κ2) is 13.2. The third kappa shape index (κ3) is 8.90. The summed E-state index contributed by atoms with van der Waals surface area (Å²) in [6.45, 7) is 14.5. The van der Waals surface area contributed by atoms with Gasteiger partial charge >= 0.3 is 12.1 Å². The molecule has 0 atom stereocenters. The van der Waals surface area contributed by atoms with Gasteiger partial charge in [0.05, 0.1) is 16.2 Å². The summed E-state index contributed by atoms with van der Waals surface area (Å²) >= 11 is 0. The highest BCUT2D eigenvalue weighted by Gasteiger charge is 2.22. The molecule has 12 heteroatoms. The van der Waals surface area contributed by atoms with Crippen LogP contribution >= 0.6 is 0 Å². The molecule has 0 bridgehead atoms. The van der Waals surface area contributed by atoms with Gasteiger partial charge in [-0.3, -0.25) is 0 Å². The van der Waals surface area contributed by atoms with Gasteiger partial charge in [0.15, 0.2) is 0 Å². The third-order valence-corrected chi connectivity index (χ3v) is 7.35. The largest absolute Gasteiger partial charge is 0.478 e. The number of carbonyl (C=O) groups excluding carboxylic acids is 1. The number of benzene rings is 2. The van der Waals surface area contributed by atoms with Gasteiger partial charge in [-0.2, -0.15) is 4.98 Å². The molecule has 0 aliphatic carbocycles. The van der Waals surface area contributed by atoms with Gasteiger partial charge in [-0.1, -0.05) is 38.1 Å². The maximum Gasteiger partial charge on any atom is 0.407 e. The van der Waals surface area contributed by atoms with Crippen LogP contribution < -0.4 is 14.9 Å². The highest BCUT2D eigenvalue weighted by molar-refractivity contribution is 7.92. The molecule has 0 spiro atoms. The summed E-state index contributed by atoms with van der Waals surface area (Å²) in [7, 11) is -4.23. The molecule has 42 heavy (non-hydrogen) atoms. The number of hydrogen-bond acceptors (Lipinski definition) is 8. The summed E-state index contributed by atoms with van der Waals surface area (Å²) in [6.07, 6.45) is -0.539. The smallest absolute Gasteiger partial charge is 0.407 e. The van der Waals surface area contributed by atoms with Gasteiger partial charge in [-0.05, 0) is 69.9 Å². The molecule has 1 aromatic heterocycles. The van der Waals surface area contributed by atoms with E-state index in [-0.39, 0.29) is 28.9 Å². The fourth-order valence-electron chi connectivity index (χ4n) is 4.31. The minimum atomic E-state index is -4.23. The molecule has 3 N–H and O–H groups in total. The first-order valence-electron chi connectivity index (χ1n) is 13.6. The zero-order valence-electron chi connectivity index (χ0n) is 25.1. The molecule has 11 nitrogen and oxygen atoms in total. The SMILES string of the molecule is Cc1cccc(C)c1-c1cc(N(CCNC(=O)OC(C)(C)C)CC(C)C)nc(NS(=O)(=O)c2cccc(C(=O)O)c2)n1. The lowest BCUT2D eigenvalue weighted by atomic mass is 10.00. The standard InChI is InChI=1S/C30H39N5O6S/c1-19(2)18-35(15-14-31-29(38)41-30(5,6)7)25-17-24(26-20(3)10-8-11-21(26)4)32-28(33-25)34-42(39,40)23-13-9-12-22(16-23)27(36)37/h8-13,16-17,19H,14-15,18H2,1-7H3,(H,31,38)(H,36,37)(H,32,33,34).